The van der Waals surface area contributed by atoms with Gasteiger partial charge >= 0.3 is 0 Å². The number of aromatic nitrogens is 2. The lowest BCUT2D eigenvalue weighted by Crippen LogP contribution is -2.33. The number of benzene rings is 2. The quantitative estimate of drug-likeness (QED) is 0.363. The van der Waals surface area contributed by atoms with Gasteiger partial charge in [0.1, 0.15) is 11.0 Å². The predicted molar refractivity (Wildman–Crippen MR) is 87.7 cm³/mol. The van der Waals surface area contributed by atoms with Crippen LogP contribution in [0, 0.1) is 0 Å². The van der Waals surface area contributed by atoms with Gasteiger partial charge in [0.2, 0.25) is 0 Å². The molecule has 0 bridgehead atoms. The van der Waals surface area contributed by atoms with Crippen LogP contribution in [-0.4, -0.2) is 4.52 Å². The highest BCUT2D eigenvalue weighted by atomic mass is 15.3. The second kappa shape index (κ2) is 4.32. The Balaban J connectivity index is 2.31. The molecule has 21 heavy (non-hydrogen) atoms. The topological polar surface area (TPSA) is 8.29 Å². The van der Waals surface area contributed by atoms with E-state index in [4.69, 9.17) is 0 Å². The number of pyridine rings is 1. The molecular weight excluding hydrogens is 256 g/mol. The number of fused-ring (bicyclic) bond motifs is 6. The van der Waals surface area contributed by atoms with Gasteiger partial charge in [-0.1, -0.05) is 50.2 Å². The largest absolute Gasteiger partial charge is 0.196 e. The van der Waals surface area contributed by atoms with Crippen LogP contribution in [0.1, 0.15) is 25.3 Å². The molecule has 2 heterocycles. The van der Waals surface area contributed by atoms with Crippen LogP contribution in [0.3, 0.4) is 0 Å². The van der Waals surface area contributed by atoms with Gasteiger partial charge in [-0.05, 0) is 22.9 Å². The Morgan fingerprint density at radius 1 is 0.857 bits per heavy atom. The standard InChI is InChI=1S/C19H19N2/c1-13(2)14-8-9-16-17(12-14)15-6-4-5-7-18(15)21-19(16)10-11-20(21)3/h4-13H,1-3H3/q+1. The van der Waals surface area contributed by atoms with Crippen LogP contribution < -0.4 is 4.68 Å². The third-order valence-electron chi connectivity index (χ3n) is 4.40. The third-order valence-corrected chi connectivity index (χ3v) is 4.40. The van der Waals surface area contributed by atoms with Gasteiger partial charge in [0.15, 0.2) is 13.2 Å². The first-order valence-electron chi connectivity index (χ1n) is 7.48. The second-order valence-corrected chi connectivity index (χ2v) is 6.06. The molecule has 0 aliphatic heterocycles. The van der Waals surface area contributed by atoms with Gasteiger partial charge in [-0.2, -0.15) is 0 Å². The summed E-state index contributed by atoms with van der Waals surface area (Å²) in [4.78, 5) is 0. The lowest BCUT2D eigenvalue weighted by Gasteiger charge is -2.10. The molecule has 4 aromatic rings. The summed E-state index contributed by atoms with van der Waals surface area (Å²) in [6, 6.07) is 17.7. The fourth-order valence-corrected chi connectivity index (χ4v) is 3.24. The van der Waals surface area contributed by atoms with Gasteiger partial charge in [0.05, 0.1) is 0 Å². The molecule has 0 saturated carbocycles. The van der Waals surface area contributed by atoms with E-state index >= 15 is 0 Å². The first-order valence-corrected chi connectivity index (χ1v) is 7.48. The zero-order valence-electron chi connectivity index (χ0n) is 12.7. The van der Waals surface area contributed by atoms with Gasteiger partial charge in [0, 0.05) is 16.8 Å². The molecule has 4 rings (SSSR count). The molecule has 0 spiro atoms. The summed E-state index contributed by atoms with van der Waals surface area (Å²) in [5, 5.41) is 3.98. The number of hydrogen-bond donors (Lipinski definition) is 0. The molecule has 104 valence electrons. The first kappa shape index (κ1) is 12.4. The van der Waals surface area contributed by atoms with Crippen LogP contribution in [0.15, 0.2) is 54.7 Å². The smallest absolute Gasteiger partial charge is 0.120 e. The highest BCUT2D eigenvalue weighted by Gasteiger charge is 2.14. The number of aryl methyl sites for hydroxylation is 1. The Hall–Kier alpha value is -2.35. The second-order valence-electron chi connectivity index (χ2n) is 6.06. The molecule has 0 N–H and O–H groups in total. The van der Waals surface area contributed by atoms with Crippen LogP contribution in [0.5, 0.6) is 0 Å². The number of hydrogen-bond acceptors (Lipinski definition) is 0. The highest BCUT2D eigenvalue weighted by Crippen LogP contribution is 2.31. The maximum atomic E-state index is 2.36. The van der Waals surface area contributed by atoms with Crippen molar-refractivity contribution in [3.05, 3.63) is 60.3 Å². The van der Waals surface area contributed by atoms with E-state index in [1.54, 1.807) is 0 Å². The number of nitrogens with zero attached hydrogens (tertiary/aromatic N) is 2. The average molecular weight is 275 g/mol. The fourth-order valence-electron chi connectivity index (χ4n) is 3.24. The maximum absolute atomic E-state index is 2.36. The fraction of sp³-hybridized carbons (Fsp3) is 0.211. The van der Waals surface area contributed by atoms with Gasteiger partial charge < -0.3 is 0 Å². The zero-order chi connectivity index (χ0) is 14.6. The maximum Gasteiger partial charge on any atom is 0.196 e. The minimum Gasteiger partial charge on any atom is -0.120 e. The third kappa shape index (κ3) is 1.69. The summed E-state index contributed by atoms with van der Waals surface area (Å²) in [5.41, 5.74) is 3.92. The molecule has 0 fully saturated rings. The Morgan fingerprint density at radius 2 is 1.57 bits per heavy atom. The Morgan fingerprint density at radius 3 is 2.38 bits per heavy atom. The van der Waals surface area contributed by atoms with Crippen molar-refractivity contribution >= 4 is 27.2 Å². The molecule has 0 radical (unpaired) electrons. The van der Waals surface area contributed by atoms with Crippen LogP contribution in [-0.2, 0) is 7.05 Å². The highest BCUT2D eigenvalue weighted by molar-refractivity contribution is 6.12. The molecule has 2 aromatic heterocycles. The Labute approximate surface area is 124 Å². The first-order chi connectivity index (χ1) is 10.2. The minimum atomic E-state index is 0.548. The van der Waals surface area contributed by atoms with E-state index in [1.807, 2.05) is 0 Å². The molecule has 0 aliphatic rings. The lowest BCUT2D eigenvalue weighted by molar-refractivity contribution is -0.735. The molecule has 2 nitrogen and oxygen atoms in total. The Kier molecular flexibility index (Phi) is 2.55. The summed E-state index contributed by atoms with van der Waals surface area (Å²) in [6.45, 7) is 4.50. The zero-order valence-corrected chi connectivity index (χ0v) is 12.7. The van der Waals surface area contributed by atoms with Crippen LogP contribution in [0.4, 0.5) is 0 Å². The summed E-state index contributed by atoms with van der Waals surface area (Å²) in [6.07, 6.45) is 2.12. The summed E-state index contributed by atoms with van der Waals surface area (Å²) >= 11 is 0. The van der Waals surface area contributed by atoms with Crippen molar-refractivity contribution in [2.45, 2.75) is 19.8 Å². The molecule has 0 unspecified atom stereocenters. The molecule has 0 atom stereocenters. The van der Waals surface area contributed by atoms with E-state index in [9.17, 15) is 0 Å². The van der Waals surface area contributed by atoms with Crippen molar-refractivity contribution in [2.75, 3.05) is 0 Å². The van der Waals surface area contributed by atoms with Gasteiger partial charge in [-0.15, -0.1) is 9.20 Å². The van der Waals surface area contributed by atoms with Crippen molar-refractivity contribution in [3.63, 3.8) is 0 Å². The molecule has 0 saturated heterocycles. The van der Waals surface area contributed by atoms with Crippen molar-refractivity contribution in [1.29, 1.82) is 0 Å². The van der Waals surface area contributed by atoms with Gasteiger partial charge in [0.25, 0.3) is 0 Å². The molecular formula is C19H19N2+. The van der Waals surface area contributed by atoms with Crippen LogP contribution in [0.2, 0.25) is 0 Å². The van der Waals surface area contributed by atoms with Gasteiger partial charge in [-0.25, -0.2) is 0 Å². The normalized spacial score (nSPS) is 12.0. The van der Waals surface area contributed by atoms with Crippen LogP contribution >= 0.6 is 0 Å². The molecule has 0 amide bonds. The molecule has 2 heteroatoms. The van der Waals surface area contributed by atoms with Crippen molar-refractivity contribution in [2.24, 2.45) is 7.05 Å². The summed E-state index contributed by atoms with van der Waals surface area (Å²) < 4.78 is 4.43. The SMILES string of the molecule is CC(C)c1ccc2c(c1)c1ccccc1n1c2cc[n+]1C. The van der Waals surface area contributed by atoms with E-state index in [-0.39, 0.29) is 0 Å². The van der Waals surface area contributed by atoms with Crippen molar-refractivity contribution in [1.82, 2.24) is 4.52 Å². The van der Waals surface area contributed by atoms with E-state index in [0.29, 0.717) is 5.92 Å². The molecule has 0 aliphatic carbocycles. The monoisotopic (exact) mass is 275 g/mol. The van der Waals surface area contributed by atoms with E-state index in [2.05, 4.69) is 84.8 Å². The van der Waals surface area contributed by atoms with Crippen molar-refractivity contribution < 1.29 is 4.68 Å². The Bertz CT molecular complexity index is 977. The summed E-state index contributed by atoms with van der Waals surface area (Å²) in [7, 11) is 2.09. The minimum absolute atomic E-state index is 0.548. The lowest BCUT2D eigenvalue weighted by atomic mass is 9.97. The van der Waals surface area contributed by atoms with E-state index in [1.165, 1.54) is 32.8 Å². The van der Waals surface area contributed by atoms with Gasteiger partial charge in [-0.3, -0.25) is 0 Å². The number of para-hydroxylation sites is 1. The van der Waals surface area contributed by atoms with E-state index in [0.717, 1.165) is 0 Å². The number of rotatable bonds is 1. The average Bonchev–Trinajstić information content (AvgIpc) is 2.89. The summed E-state index contributed by atoms with van der Waals surface area (Å²) in [5.74, 6) is 0.548. The predicted octanol–water partition coefficient (Wildman–Crippen LogP) is 4.19. The van der Waals surface area contributed by atoms with Crippen molar-refractivity contribution in [3.8, 4) is 0 Å². The van der Waals surface area contributed by atoms with E-state index < -0.39 is 0 Å². The van der Waals surface area contributed by atoms with Crippen LogP contribution in [0.25, 0.3) is 27.2 Å². The molecule has 2 aromatic carbocycles.